The van der Waals surface area contributed by atoms with E-state index in [1.165, 1.54) is 36.2 Å². The van der Waals surface area contributed by atoms with Crippen LogP contribution in [0, 0.1) is 6.92 Å². The van der Waals surface area contributed by atoms with Gasteiger partial charge in [-0.1, -0.05) is 43.0 Å². The largest absolute Gasteiger partial charge is 0.477 e. The molecule has 1 N–H and O–H groups in total. The summed E-state index contributed by atoms with van der Waals surface area (Å²) in [4.78, 5) is 16.7. The zero-order valence-corrected chi connectivity index (χ0v) is 12.9. The van der Waals surface area contributed by atoms with Gasteiger partial charge in [0.05, 0.1) is 5.69 Å². The Hall–Kier alpha value is -1.68. The fourth-order valence-corrected chi connectivity index (χ4v) is 4.03. The second-order valence-electron chi connectivity index (χ2n) is 5.74. The molecule has 3 nitrogen and oxygen atoms in total. The molecule has 1 aromatic heterocycles. The van der Waals surface area contributed by atoms with Crippen LogP contribution in [-0.4, -0.2) is 16.1 Å². The highest BCUT2D eigenvalue weighted by atomic mass is 32.1. The zero-order chi connectivity index (χ0) is 14.8. The summed E-state index contributed by atoms with van der Waals surface area (Å²) in [6.07, 6.45) is 5.75. The number of thiazole rings is 1. The molecule has 0 spiro atoms. The molecule has 1 aliphatic rings. The number of carbonyl (C=O) groups is 1. The Morgan fingerprint density at radius 3 is 2.71 bits per heavy atom. The molecule has 21 heavy (non-hydrogen) atoms. The minimum atomic E-state index is -0.841. The first kappa shape index (κ1) is 14.3. The Morgan fingerprint density at radius 2 is 2.05 bits per heavy atom. The van der Waals surface area contributed by atoms with E-state index in [1.807, 2.05) is 25.1 Å². The van der Waals surface area contributed by atoms with Crippen LogP contribution in [0.3, 0.4) is 0 Å². The molecule has 0 unspecified atom stereocenters. The van der Waals surface area contributed by atoms with Gasteiger partial charge in [-0.2, -0.15) is 0 Å². The van der Waals surface area contributed by atoms with E-state index in [-0.39, 0.29) is 0 Å². The van der Waals surface area contributed by atoms with Gasteiger partial charge in [0.2, 0.25) is 0 Å². The Labute approximate surface area is 128 Å². The van der Waals surface area contributed by atoms with E-state index in [0.29, 0.717) is 10.8 Å². The Morgan fingerprint density at radius 1 is 1.29 bits per heavy atom. The third-order valence-electron chi connectivity index (χ3n) is 4.10. The lowest BCUT2D eigenvalue weighted by Crippen LogP contribution is -2.09. The summed E-state index contributed by atoms with van der Waals surface area (Å²) < 4.78 is 0. The van der Waals surface area contributed by atoms with Crippen LogP contribution in [0.25, 0.3) is 10.6 Å². The van der Waals surface area contributed by atoms with Crippen molar-refractivity contribution >= 4 is 17.3 Å². The van der Waals surface area contributed by atoms with Crippen LogP contribution in [0.2, 0.25) is 0 Å². The smallest absolute Gasteiger partial charge is 0.347 e. The van der Waals surface area contributed by atoms with Gasteiger partial charge in [-0.3, -0.25) is 0 Å². The van der Waals surface area contributed by atoms with Gasteiger partial charge in [-0.25, -0.2) is 9.78 Å². The predicted octanol–water partition coefficient (Wildman–Crippen LogP) is 4.86. The summed E-state index contributed by atoms with van der Waals surface area (Å²) in [6.45, 7) is 2.04. The van der Waals surface area contributed by atoms with Gasteiger partial charge in [0, 0.05) is 11.5 Å². The number of hydrogen-bond acceptors (Lipinski definition) is 3. The topological polar surface area (TPSA) is 50.2 Å². The lowest BCUT2D eigenvalue weighted by molar-refractivity contribution is 0.0700. The fraction of sp³-hybridized carbons (Fsp3) is 0.412. The van der Waals surface area contributed by atoms with Crippen molar-refractivity contribution in [1.29, 1.82) is 0 Å². The SMILES string of the molecule is Cc1cccc(-c2nc(C3CCCCC3)c(C(=O)O)s2)c1. The van der Waals surface area contributed by atoms with Crippen LogP contribution in [0.4, 0.5) is 0 Å². The number of nitrogens with zero attached hydrogens (tertiary/aromatic N) is 1. The van der Waals surface area contributed by atoms with Gasteiger partial charge in [0.1, 0.15) is 9.88 Å². The maximum Gasteiger partial charge on any atom is 0.347 e. The third kappa shape index (κ3) is 3.00. The molecule has 1 fully saturated rings. The summed E-state index contributed by atoms with van der Waals surface area (Å²) in [6, 6.07) is 8.10. The van der Waals surface area contributed by atoms with Crippen LogP contribution in [-0.2, 0) is 0 Å². The third-order valence-corrected chi connectivity index (χ3v) is 5.21. The molecule has 4 heteroatoms. The van der Waals surface area contributed by atoms with E-state index in [0.717, 1.165) is 29.1 Å². The van der Waals surface area contributed by atoms with Crippen molar-refractivity contribution in [3.63, 3.8) is 0 Å². The van der Waals surface area contributed by atoms with Crippen molar-refractivity contribution in [3.8, 4) is 10.6 Å². The zero-order valence-electron chi connectivity index (χ0n) is 12.1. The Balaban J connectivity index is 2.01. The van der Waals surface area contributed by atoms with Crippen LogP contribution in [0.15, 0.2) is 24.3 Å². The Kier molecular flexibility index (Phi) is 4.06. The first-order chi connectivity index (χ1) is 10.1. The van der Waals surface area contributed by atoms with E-state index in [1.54, 1.807) is 0 Å². The van der Waals surface area contributed by atoms with Crippen LogP contribution in [0.1, 0.15) is 59.0 Å². The number of hydrogen-bond donors (Lipinski definition) is 1. The quantitative estimate of drug-likeness (QED) is 0.880. The Bertz CT molecular complexity index is 657. The second kappa shape index (κ2) is 5.98. The van der Waals surface area contributed by atoms with Gasteiger partial charge in [-0.15, -0.1) is 11.3 Å². The first-order valence-electron chi connectivity index (χ1n) is 7.46. The minimum absolute atomic E-state index is 0.319. The number of aromatic carboxylic acids is 1. The van der Waals surface area contributed by atoms with Crippen LogP contribution in [0.5, 0.6) is 0 Å². The van der Waals surface area contributed by atoms with Gasteiger partial charge in [0.25, 0.3) is 0 Å². The van der Waals surface area contributed by atoms with E-state index in [9.17, 15) is 9.90 Å². The minimum Gasteiger partial charge on any atom is -0.477 e. The van der Waals surface area contributed by atoms with E-state index in [2.05, 4.69) is 6.07 Å². The summed E-state index contributed by atoms with van der Waals surface area (Å²) in [5, 5.41) is 10.3. The maximum absolute atomic E-state index is 11.5. The van der Waals surface area contributed by atoms with E-state index >= 15 is 0 Å². The number of aromatic nitrogens is 1. The highest BCUT2D eigenvalue weighted by molar-refractivity contribution is 7.17. The van der Waals surface area contributed by atoms with Crippen molar-refractivity contribution in [2.45, 2.75) is 44.9 Å². The lowest BCUT2D eigenvalue weighted by Gasteiger charge is -2.20. The summed E-state index contributed by atoms with van der Waals surface area (Å²) in [5.41, 5.74) is 2.99. The van der Waals surface area contributed by atoms with Crippen LogP contribution < -0.4 is 0 Å². The van der Waals surface area contributed by atoms with Crippen LogP contribution >= 0.6 is 11.3 Å². The molecule has 0 aliphatic heterocycles. The molecular weight excluding hydrogens is 282 g/mol. The van der Waals surface area contributed by atoms with Crippen molar-refractivity contribution in [2.24, 2.45) is 0 Å². The molecule has 0 radical (unpaired) electrons. The van der Waals surface area contributed by atoms with Gasteiger partial charge in [-0.05, 0) is 25.8 Å². The molecule has 3 rings (SSSR count). The molecule has 1 saturated carbocycles. The van der Waals surface area contributed by atoms with E-state index < -0.39 is 5.97 Å². The van der Waals surface area contributed by atoms with Gasteiger partial charge >= 0.3 is 5.97 Å². The number of rotatable bonds is 3. The average Bonchev–Trinajstić information content (AvgIpc) is 2.93. The molecule has 0 bridgehead atoms. The number of carboxylic acid groups (broad SMARTS) is 1. The monoisotopic (exact) mass is 301 g/mol. The highest BCUT2D eigenvalue weighted by Crippen LogP contribution is 2.38. The predicted molar refractivity (Wildman–Crippen MR) is 85.1 cm³/mol. The van der Waals surface area contributed by atoms with Crippen molar-refractivity contribution in [2.75, 3.05) is 0 Å². The van der Waals surface area contributed by atoms with Crippen molar-refractivity contribution < 1.29 is 9.90 Å². The summed E-state index contributed by atoms with van der Waals surface area (Å²) in [7, 11) is 0. The van der Waals surface area contributed by atoms with Gasteiger partial charge in [0.15, 0.2) is 0 Å². The number of carboxylic acids is 1. The first-order valence-corrected chi connectivity index (χ1v) is 8.28. The number of benzene rings is 1. The molecule has 110 valence electrons. The lowest BCUT2D eigenvalue weighted by atomic mass is 9.86. The summed E-state index contributed by atoms with van der Waals surface area (Å²) >= 11 is 1.31. The van der Waals surface area contributed by atoms with Gasteiger partial charge < -0.3 is 5.11 Å². The summed E-state index contributed by atoms with van der Waals surface area (Å²) in [5.74, 6) is -0.522. The fourth-order valence-electron chi connectivity index (χ4n) is 3.04. The molecule has 0 saturated heterocycles. The number of aryl methyl sites for hydroxylation is 1. The van der Waals surface area contributed by atoms with Crippen molar-refractivity contribution in [1.82, 2.24) is 4.98 Å². The molecule has 0 amide bonds. The molecule has 1 heterocycles. The maximum atomic E-state index is 11.5. The average molecular weight is 301 g/mol. The molecular formula is C17H19NO2S. The standard InChI is InChI=1S/C17H19NO2S/c1-11-6-5-9-13(10-11)16-18-14(15(21-16)17(19)20)12-7-3-2-4-8-12/h5-6,9-10,12H,2-4,7-8H2,1H3,(H,19,20). The molecule has 2 aromatic rings. The molecule has 0 atom stereocenters. The highest BCUT2D eigenvalue weighted by Gasteiger charge is 2.26. The van der Waals surface area contributed by atoms with Crippen molar-refractivity contribution in [3.05, 3.63) is 40.4 Å². The van der Waals surface area contributed by atoms with E-state index in [4.69, 9.17) is 4.98 Å². The normalized spacial score (nSPS) is 16.0. The second-order valence-corrected chi connectivity index (χ2v) is 6.74. The molecule has 1 aliphatic carbocycles. The molecule has 1 aromatic carbocycles.